The Hall–Kier alpha value is -4.33. The molecule has 2 fully saturated rings. The largest absolute Gasteiger partial charge is 0.416 e. The Kier molecular flexibility index (Phi) is 9.21. The maximum atomic E-state index is 13.8. The van der Waals surface area contributed by atoms with Crippen molar-refractivity contribution in [1.29, 1.82) is 0 Å². The topological polar surface area (TPSA) is 56.3 Å². The molecule has 2 saturated heterocycles. The van der Waals surface area contributed by atoms with Crippen LogP contribution in [-0.4, -0.2) is 81.3 Å². The van der Waals surface area contributed by atoms with Gasteiger partial charge in [0.05, 0.1) is 30.4 Å². The number of carbonyl (C=O) groups is 2. The number of halogens is 7. The van der Waals surface area contributed by atoms with E-state index in [-0.39, 0.29) is 25.1 Å². The van der Waals surface area contributed by atoms with Crippen LogP contribution in [0, 0.1) is 5.82 Å². The average molecular weight is 653 g/mol. The van der Waals surface area contributed by atoms with Crippen LogP contribution in [0.25, 0.3) is 0 Å². The second-order valence-corrected chi connectivity index (χ2v) is 11.3. The fraction of sp³-hybridized carbons (Fsp3) is 0.375. The lowest BCUT2D eigenvalue weighted by Crippen LogP contribution is -2.47. The fourth-order valence-corrected chi connectivity index (χ4v) is 5.82. The number of rotatable bonds is 5. The molecule has 0 N–H and O–H groups in total. The number of nitrogens with zero attached hydrogens (tertiary/aromatic N) is 4. The molecule has 3 aromatic carbocycles. The second kappa shape index (κ2) is 12.8. The van der Waals surface area contributed by atoms with Gasteiger partial charge in [-0.05, 0) is 60.2 Å². The van der Waals surface area contributed by atoms with E-state index >= 15 is 0 Å². The van der Waals surface area contributed by atoms with Crippen LogP contribution in [0.3, 0.4) is 0 Å². The zero-order valence-corrected chi connectivity index (χ0v) is 24.9. The molecule has 0 radical (unpaired) electrons. The highest BCUT2D eigenvalue weighted by Crippen LogP contribution is 2.39. The van der Waals surface area contributed by atoms with Gasteiger partial charge in [0, 0.05) is 63.1 Å². The summed E-state index contributed by atoms with van der Waals surface area (Å²) >= 11 is 0. The third-order valence-electron chi connectivity index (χ3n) is 8.41. The van der Waals surface area contributed by atoms with Crippen molar-refractivity contribution in [1.82, 2.24) is 9.80 Å². The number of ether oxygens (including phenoxy) is 1. The molecule has 46 heavy (non-hydrogen) atoms. The number of morpholine rings is 1. The Balaban J connectivity index is 1.41. The number of amides is 3. The molecular weight excluding hydrogens is 621 g/mol. The van der Waals surface area contributed by atoms with Gasteiger partial charge in [0.25, 0.3) is 5.91 Å². The Morgan fingerprint density at radius 3 is 1.91 bits per heavy atom. The minimum Gasteiger partial charge on any atom is -0.378 e. The van der Waals surface area contributed by atoms with Gasteiger partial charge in [-0.25, -0.2) is 9.18 Å². The summed E-state index contributed by atoms with van der Waals surface area (Å²) in [6, 6.07) is 11.9. The van der Waals surface area contributed by atoms with Gasteiger partial charge in [0.2, 0.25) is 0 Å². The first-order valence-corrected chi connectivity index (χ1v) is 14.4. The molecule has 2 atom stereocenters. The summed E-state index contributed by atoms with van der Waals surface area (Å²) in [6.07, 6.45) is -10.2. The molecule has 2 aliphatic rings. The van der Waals surface area contributed by atoms with E-state index in [1.54, 1.807) is 12.1 Å². The number of likely N-dealkylation sites (tertiary alicyclic amines) is 1. The van der Waals surface area contributed by atoms with E-state index in [0.29, 0.717) is 54.5 Å². The van der Waals surface area contributed by atoms with E-state index in [1.165, 1.54) is 41.1 Å². The van der Waals surface area contributed by atoms with Crippen molar-refractivity contribution < 1.29 is 45.1 Å². The zero-order chi connectivity index (χ0) is 33.4. The third kappa shape index (κ3) is 7.06. The Bertz CT molecular complexity index is 1520. The number of urea groups is 1. The van der Waals surface area contributed by atoms with Crippen LogP contribution in [-0.2, 0) is 17.1 Å². The van der Waals surface area contributed by atoms with Crippen molar-refractivity contribution >= 4 is 23.3 Å². The highest BCUT2D eigenvalue weighted by atomic mass is 19.4. The minimum absolute atomic E-state index is 0.00988. The van der Waals surface area contributed by atoms with Gasteiger partial charge in [-0.2, -0.15) is 26.3 Å². The van der Waals surface area contributed by atoms with Crippen LogP contribution in [0.5, 0.6) is 0 Å². The van der Waals surface area contributed by atoms with E-state index < -0.39 is 53.0 Å². The van der Waals surface area contributed by atoms with E-state index in [4.69, 9.17) is 4.74 Å². The molecule has 2 aliphatic heterocycles. The predicted molar refractivity (Wildman–Crippen MR) is 156 cm³/mol. The molecule has 3 amide bonds. The first kappa shape index (κ1) is 33.0. The molecule has 0 saturated carbocycles. The molecule has 2 heterocycles. The lowest BCUT2D eigenvalue weighted by molar-refractivity contribution is -0.143. The SMILES string of the molecule is CN(C(=O)N(C)[C@@H]1CN(C(=O)c2ccc(N3CCOCC3)cc2)C[C@H]1c1ccc(F)cc1)c1cc(C(F)(F)F)cc(C(F)(F)F)c1. The van der Waals surface area contributed by atoms with Gasteiger partial charge < -0.3 is 19.4 Å². The molecule has 0 bridgehead atoms. The summed E-state index contributed by atoms with van der Waals surface area (Å²) in [6.45, 7) is 2.77. The van der Waals surface area contributed by atoms with Gasteiger partial charge in [-0.3, -0.25) is 9.69 Å². The number of hydrogen-bond donors (Lipinski definition) is 0. The van der Waals surface area contributed by atoms with Crippen LogP contribution < -0.4 is 9.80 Å². The number of alkyl halides is 6. The number of likely N-dealkylation sites (N-methyl/N-ethyl adjacent to an activating group) is 1. The summed E-state index contributed by atoms with van der Waals surface area (Å²) in [5.41, 5.74) is -1.79. The first-order valence-electron chi connectivity index (χ1n) is 14.4. The molecule has 5 rings (SSSR count). The highest BCUT2D eigenvalue weighted by molar-refractivity contribution is 5.95. The summed E-state index contributed by atoms with van der Waals surface area (Å²) in [5, 5.41) is 0. The van der Waals surface area contributed by atoms with Crippen molar-refractivity contribution in [2.45, 2.75) is 24.3 Å². The molecule has 14 heteroatoms. The van der Waals surface area contributed by atoms with Gasteiger partial charge >= 0.3 is 18.4 Å². The van der Waals surface area contributed by atoms with Crippen molar-refractivity contribution in [3.05, 3.63) is 94.8 Å². The molecule has 0 aromatic heterocycles. The van der Waals surface area contributed by atoms with Crippen molar-refractivity contribution in [3.8, 4) is 0 Å². The van der Waals surface area contributed by atoms with E-state index in [9.17, 15) is 40.3 Å². The van der Waals surface area contributed by atoms with Gasteiger partial charge in [-0.15, -0.1) is 0 Å². The Morgan fingerprint density at radius 1 is 0.804 bits per heavy atom. The lowest BCUT2D eigenvalue weighted by Gasteiger charge is -2.33. The summed E-state index contributed by atoms with van der Waals surface area (Å²) < 4.78 is 100. The summed E-state index contributed by atoms with van der Waals surface area (Å²) in [7, 11) is 2.44. The quantitative estimate of drug-likeness (QED) is 0.296. The fourth-order valence-electron chi connectivity index (χ4n) is 5.82. The predicted octanol–water partition coefficient (Wildman–Crippen LogP) is 6.50. The third-order valence-corrected chi connectivity index (χ3v) is 8.41. The van der Waals surface area contributed by atoms with E-state index in [1.807, 2.05) is 12.1 Å². The van der Waals surface area contributed by atoms with Gasteiger partial charge in [0.1, 0.15) is 5.82 Å². The van der Waals surface area contributed by atoms with E-state index in [2.05, 4.69) is 4.90 Å². The Labute approximate surface area is 260 Å². The van der Waals surface area contributed by atoms with Gasteiger partial charge in [-0.1, -0.05) is 12.1 Å². The first-order chi connectivity index (χ1) is 21.6. The van der Waals surface area contributed by atoms with Crippen LogP contribution in [0.4, 0.5) is 46.9 Å². The van der Waals surface area contributed by atoms with Crippen molar-refractivity contribution in [2.24, 2.45) is 0 Å². The van der Waals surface area contributed by atoms with E-state index in [0.717, 1.165) is 12.7 Å². The number of benzene rings is 3. The number of hydrogen-bond acceptors (Lipinski definition) is 4. The number of carbonyl (C=O) groups excluding carboxylic acids is 2. The maximum absolute atomic E-state index is 13.8. The molecular formula is C32H31F7N4O3. The minimum atomic E-state index is -5.09. The molecule has 3 aromatic rings. The normalized spacial score (nSPS) is 18.9. The maximum Gasteiger partial charge on any atom is 0.416 e. The zero-order valence-electron chi connectivity index (χ0n) is 24.9. The standard InChI is InChI=1S/C32H31F7N4O3/c1-40(26-16-22(31(34,35)36)15-23(17-26)32(37,38)39)30(45)41(2)28-19-43(18-27(28)20-3-7-24(33)8-4-20)29(44)21-5-9-25(10-6-21)42-11-13-46-14-12-42/h3-10,15-17,27-28H,11-14,18-19H2,1-2H3/t27-,28+/m0/s1. The van der Waals surface area contributed by atoms with Crippen molar-refractivity contribution in [3.63, 3.8) is 0 Å². The summed E-state index contributed by atoms with van der Waals surface area (Å²) in [5.74, 6) is -1.36. The average Bonchev–Trinajstić information content (AvgIpc) is 3.48. The van der Waals surface area contributed by atoms with Crippen molar-refractivity contribution in [2.75, 3.05) is 63.3 Å². The smallest absolute Gasteiger partial charge is 0.378 e. The van der Waals surface area contributed by atoms with Crippen LogP contribution >= 0.6 is 0 Å². The number of anilines is 2. The molecule has 246 valence electrons. The second-order valence-electron chi connectivity index (χ2n) is 11.3. The molecule has 0 aliphatic carbocycles. The Morgan fingerprint density at radius 2 is 1.37 bits per heavy atom. The summed E-state index contributed by atoms with van der Waals surface area (Å²) in [4.78, 5) is 32.8. The molecule has 0 spiro atoms. The molecule has 0 unspecified atom stereocenters. The monoisotopic (exact) mass is 652 g/mol. The van der Waals surface area contributed by atoms with Crippen LogP contribution in [0.2, 0.25) is 0 Å². The van der Waals surface area contributed by atoms with Crippen LogP contribution in [0.15, 0.2) is 66.7 Å². The highest BCUT2D eigenvalue weighted by Gasteiger charge is 2.42. The van der Waals surface area contributed by atoms with Gasteiger partial charge in [0.15, 0.2) is 0 Å². The van der Waals surface area contributed by atoms with Crippen LogP contribution in [0.1, 0.15) is 33.0 Å². The lowest BCUT2D eigenvalue weighted by atomic mass is 9.93. The molecule has 7 nitrogen and oxygen atoms in total.